The molecular weight excluding hydrogens is 320 g/mol. The quantitative estimate of drug-likeness (QED) is 0.844. The van der Waals surface area contributed by atoms with Crippen molar-refractivity contribution in [1.29, 1.82) is 0 Å². The largest absolute Gasteiger partial charge is 0.391 e. The molecule has 2 aromatic rings. The first-order valence-electron chi connectivity index (χ1n) is 8.94. The average molecular weight is 344 g/mol. The molecule has 25 heavy (non-hydrogen) atoms. The van der Waals surface area contributed by atoms with Gasteiger partial charge in [0.15, 0.2) is 0 Å². The predicted molar refractivity (Wildman–Crippen MR) is 93.4 cm³/mol. The second kappa shape index (κ2) is 7.11. The van der Waals surface area contributed by atoms with Crippen molar-refractivity contribution in [3.63, 3.8) is 0 Å². The molecule has 0 spiro atoms. The fourth-order valence-corrected chi connectivity index (χ4v) is 3.86. The van der Waals surface area contributed by atoms with Crippen LogP contribution in [0.15, 0.2) is 24.5 Å². The Bertz CT molecular complexity index is 741. The number of aliphatic hydroxyl groups excluding tert-OH is 1. The number of rotatable bonds is 2. The topological polar surface area (TPSA) is 81.7 Å². The maximum atomic E-state index is 12.9. The predicted octanol–water partition coefficient (Wildman–Crippen LogP) is 0.861. The Morgan fingerprint density at radius 3 is 2.84 bits per heavy atom. The Balaban J connectivity index is 1.46. The van der Waals surface area contributed by atoms with Crippen LogP contribution in [0.3, 0.4) is 0 Å². The summed E-state index contributed by atoms with van der Waals surface area (Å²) in [7, 11) is 0. The van der Waals surface area contributed by atoms with Gasteiger partial charge in [-0.3, -0.25) is 9.69 Å². The number of aliphatic hydroxyl groups is 1. The highest BCUT2D eigenvalue weighted by Gasteiger charge is 2.32. The third-order valence-corrected chi connectivity index (χ3v) is 5.30. The summed E-state index contributed by atoms with van der Waals surface area (Å²) >= 11 is 0. The lowest BCUT2D eigenvalue weighted by Gasteiger charge is -2.36. The number of likely N-dealkylation sites (tertiary alicyclic amines) is 1. The Morgan fingerprint density at radius 2 is 2.00 bits per heavy atom. The van der Waals surface area contributed by atoms with Crippen LogP contribution in [0.4, 0.5) is 0 Å². The Kier molecular flexibility index (Phi) is 4.70. The highest BCUT2D eigenvalue weighted by atomic mass is 16.5. The van der Waals surface area contributed by atoms with Crippen molar-refractivity contribution in [2.24, 2.45) is 0 Å². The van der Waals surface area contributed by atoms with Crippen molar-refractivity contribution >= 4 is 16.9 Å². The van der Waals surface area contributed by atoms with Gasteiger partial charge in [0.1, 0.15) is 0 Å². The molecule has 7 nitrogen and oxygen atoms in total. The summed E-state index contributed by atoms with van der Waals surface area (Å²) in [6.07, 6.45) is 2.64. The molecule has 2 N–H and O–H groups in total. The first kappa shape index (κ1) is 16.5. The van der Waals surface area contributed by atoms with Crippen LogP contribution < -0.4 is 0 Å². The van der Waals surface area contributed by atoms with Crippen molar-refractivity contribution in [3.05, 3.63) is 30.1 Å². The second-order valence-corrected chi connectivity index (χ2v) is 6.79. The summed E-state index contributed by atoms with van der Waals surface area (Å²) in [6, 6.07) is 5.65. The molecule has 1 aromatic heterocycles. The van der Waals surface area contributed by atoms with Crippen LogP contribution in [-0.2, 0) is 4.74 Å². The van der Waals surface area contributed by atoms with E-state index in [9.17, 15) is 9.90 Å². The summed E-state index contributed by atoms with van der Waals surface area (Å²) in [5.41, 5.74) is 2.39. The molecule has 0 radical (unpaired) electrons. The molecule has 0 bridgehead atoms. The van der Waals surface area contributed by atoms with Crippen molar-refractivity contribution in [3.8, 4) is 0 Å². The van der Waals surface area contributed by atoms with E-state index >= 15 is 0 Å². The molecule has 2 aliphatic heterocycles. The fourth-order valence-electron chi connectivity index (χ4n) is 3.86. The fraction of sp³-hybridized carbons (Fsp3) is 0.556. The van der Waals surface area contributed by atoms with Gasteiger partial charge in [-0.25, -0.2) is 4.98 Å². The van der Waals surface area contributed by atoms with E-state index in [1.54, 1.807) is 6.33 Å². The van der Waals surface area contributed by atoms with Gasteiger partial charge in [0.25, 0.3) is 5.91 Å². The number of carbonyl (C=O) groups excluding carboxylic acids is 1. The zero-order valence-electron chi connectivity index (χ0n) is 14.2. The van der Waals surface area contributed by atoms with Crippen LogP contribution in [-0.4, -0.2) is 82.3 Å². The third-order valence-electron chi connectivity index (χ3n) is 5.30. The molecule has 2 atom stereocenters. The zero-order valence-corrected chi connectivity index (χ0v) is 14.2. The summed E-state index contributed by atoms with van der Waals surface area (Å²) in [5, 5.41) is 10.6. The minimum Gasteiger partial charge on any atom is -0.391 e. The Labute approximate surface area is 146 Å². The van der Waals surface area contributed by atoms with Gasteiger partial charge >= 0.3 is 0 Å². The first-order valence-corrected chi connectivity index (χ1v) is 8.94. The second-order valence-electron chi connectivity index (χ2n) is 6.79. The number of ether oxygens (including phenoxy) is 1. The third kappa shape index (κ3) is 3.40. The van der Waals surface area contributed by atoms with Gasteiger partial charge in [-0.15, -0.1) is 0 Å². The van der Waals surface area contributed by atoms with E-state index in [4.69, 9.17) is 4.74 Å². The number of hydrogen-bond donors (Lipinski definition) is 2. The van der Waals surface area contributed by atoms with Crippen LogP contribution >= 0.6 is 0 Å². The van der Waals surface area contributed by atoms with Crippen LogP contribution in [0.25, 0.3) is 11.0 Å². The van der Waals surface area contributed by atoms with Gasteiger partial charge in [-0.05, 0) is 31.0 Å². The molecule has 4 rings (SSSR count). The number of nitrogens with one attached hydrogen (secondary N) is 1. The summed E-state index contributed by atoms with van der Waals surface area (Å²) < 4.78 is 5.41. The molecule has 2 fully saturated rings. The lowest BCUT2D eigenvalue weighted by atomic mass is 10.0. The summed E-state index contributed by atoms with van der Waals surface area (Å²) in [6.45, 7) is 4.39. The van der Waals surface area contributed by atoms with Crippen LogP contribution in [0.5, 0.6) is 0 Å². The number of amides is 1. The molecule has 0 aliphatic carbocycles. The van der Waals surface area contributed by atoms with E-state index in [1.807, 2.05) is 23.1 Å². The summed E-state index contributed by atoms with van der Waals surface area (Å²) in [5.74, 6) is 0.0197. The van der Waals surface area contributed by atoms with Gasteiger partial charge in [0.05, 0.1) is 36.7 Å². The van der Waals surface area contributed by atoms with Gasteiger partial charge in [-0.2, -0.15) is 0 Å². The maximum Gasteiger partial charge on any atom is 0.253 e. The average Bonchev–Trinajstić information content (AvgIpc) is 3.03. The summed E-state index contributed by atoms with van der Waals surface area (Å²) in [4.78, 5) is 24.3. The number of aromatic nitrogens is 2. The normalized spacial score (nSPS) is 25.9. The van der Waals surface area contributed by atoms with Crippen molar-refractivity contribution in [2.45, 2.75) is 25.0 Å². The lowest BCUT2D eigenvalue weighted by molar-refractivity contribution is -0.0222. The van der Waals surface area contributed by atoms with Crippen molar-refractivity contribution in [2.75, 3.05) is 39.4 Å². The van der Waals surface area contributed by atoms with Crippen LogP contribution in [0.2, 0.25) is 0 Å². The monoisotopic (exact) mass is 344 g/mol. The number of fused-ring (bicyclic) bond motifs is 1. The Morgan fingerprint density at radius 1 is 1.20 bits per heavy atom. The van der Waals surface area contributed by atoms with Gasteiger partial charge in [0.2, 0.25) is 0 Å². The van der Waals surface area contributed by atoms with Crippen molar-refractivity contribution < 1.29 is 14.6 Å². The maximum absolute atomic E-state index is 12.9. The molecule has 0 saturated carbocycles. The SMILES string of the molecule is O=C(c1ccc2nc[nH]c2c1)N1CC[C@H](O)[C@@H](N2CCOCC2)CC1. The number of hydrogen-bond acceptors (Lipinski definition) is 5. The minimum atomic E-state index is -0.397. The number of benzene rings is 1. The van der Waals surface area contributed by atoms with Gasteiger partial charge in [0, 0.05) is 37.8 Å². The smallest absolute Gasteiger partial charge is 0.253 e. The standard InChI is InChI=1S/C18H24N4O3/c23-17-4-6-22(5-3-16(17)21-7-9-25-10-8-21)18(24)13-1-2-14-15(11-13)20-12-19-14/h1-2,11-12,16-17,23H,3-10H2,(H,19,20)/t16-,17-/m0/s1. The number of imidazole rings is 1. The number of nitrogens with zero attached hydrogens (tertiary/aromatic N) is 3. The van der Waals surface area contributed by atoms with E-state index in [-0.39, 0.29) is 11.9 Å². The van der Waals surface area contributed by atoms with Crippen LogP contribution in [0.1, 0.15) is 23.2 Å². The molecule has 2 aliphatic rings. The van der Waals surface area contributed by atoms with E-state index in [2.05, 4.69) is 14.9 Å². The number of morpholine rings is 1. The molecule has 7 heteroatoms. The van der Waals surface area contributed by atoms with E-state index in [1.165, 1.54) is 0 Å². The van der Waals surface area contributed by atoms with E-state index in [0.717, 1.165) is 43.8 Å². The lowest BCUT2D eigenvalue weighted by Crippen LogP contribution is -2.49. The number of carbonyl (C=O) groups is 1. The van der Waals surface area contributed by atoms with E-state index in [0.29, 0.717) is 25.1 Å². The molecule has 1 amide bonds. The van der Waals surface area contributed by atoms with Crippen LogP contribution in [0, 0.1) is 0 Å². The molecule has 134 valence electrons. The molecule has 1 aromatic carbocycles. The molecule has 2 saturated heterocycles. The molecule has 3 heterocycles. The number of H-pyrrole nitrogens is 1. The molecular formula is C18H24N4O3. The van der Waals surface area contributed by atoms with E-state index < -0.39 is 6.10 Å². The number of aromatic amines is 1. The zero-order chi connectivity index (χ0) is 17.2. The highest BCUT2D eigenvalue weighted by molar-refractivity contribution is 5.97. The van der Waals surface area contributed by atoms with Gasteiger partial charge < -0.3 is 19.7 Å². The van der Waals surface area contributed by atoms with Gasteiger partial charge in [-0.1, -0.05) is 0 Å². The minimum absolute atomic E-state index is 0.0197. The van der Waals surface area contributed by atoms with Crippen molar-refractivity contribution in [1.82, 2.24) is 19.8 Å². The molecule has 0 unspecified atom stereocenters. The Hall–Kier alpha value is -1.96. The highest BCUT2D eigenvalue weighted by Crippen LogP contribution is 2.21. The first-order chi connectivity index (χ1) is 12.2.